The summed E-state index contributed by atoms with van der Waals surface area (Å²) < 4.78 is 10.6. The summed E-state index contributed by atoms with van der Waals surface area (Å²) in [6.07, 6.45) is 0. The van der Waals surface area contributed by atoms with Crippen LogP contribution in [0.3, 0.4) is 0 Å². The number of ether oxygens (including phenoxy) is 2. The van der Waals surface area contributed by atoms with Crippen molar-refractivity contribution < 1.29 is 14.3 Å². The number of nitrogens with one attached hydrogen (secondary N) is 1. The number of rotatable bonds is 4. The van der Waals surface area contributed by atoms with Crippen LogP contribution in [0.25, 0.3) is 0 Å². The number of nitrogens with two attached hydrogens (primary N) is 1. The van der Waals surface area contributed by atoms with Gasteiger partial charge in [0.15, 0.2) is 11.5 Å². The molecule has 5 heteroatoms. The zero-order valence-electron chi connectivity index (χ0n) is 11.6. The van der Waals surface area contributed by atoms with Crippen molar-refractivity contribution in [2.75, 3.05) is 12.1 Å². The molecule has 0 aliphatic carbocycles. The zero-order valence-corrected chi connectivity index (χ0v) is 11.6. The lowest BCUT2D eigenvalue weighted by molar-refractivity contribution is -0.118. The molecule has 3 N–H and O–H groups in total. The number of fused-ring (bicyclic) bond motifs is 1. The molecule has 1 aliphatic heterocycles. The topological polar surface area (TPSA) is 73.6 Å². The van der Waals surface area contributed by atoms with E-state index in [-0.39, 0.29) is 6.79 Å². The summed E-state index contributed by atoms with van der Waals surface area (Å²) in [5.74, 6) is 0.861. The van der Waals surface area contributed by atoms with E-state index in [9.17, 15) is 4.79 Å². The van der Waals surface area contributed by atoms with Gasteiger partial charge in [-0.05, 0) is 36.2 Å². The molecule has 1 unspecified atom stereocenters. The Hall–Kier alpha value is -2.69. The maximum absolute atomic E-state index is 11.8. The fraction of sp³-hybridized carbons (Fsp3) is 0.188. The second-order valence-corrected chi connectivity index (χ2v) is 4.91. The van der Waals surface area contributed by atoms with Crippen molar-refractivity contribution in [3.05, 3.63) is 53.6 Å². The smallest absolute Gasteiger partial charge is 0.244 e. The Balaban J connectivity index is 1.92. The van der Waals surface area contributed by atoms with Crippen LogP contribution in [0.5, 0.6) is 11.5 Å². The first kappa shape index (κ1) is 13.3. The first-order chi connectivity index (χ1) is 10.1. The maximum atomic E-state index is 11.8. The molecule has 108 valence electrons. The van der Waals surface area contributed by atoms with Crippen LogP contribution in [0.15, 0.2) is 42.5 Å². The lowest BCUT2D eigenvalue weighted by Gasteiger charge is -2.19. The molecule has 0 saturated heterocycles. The van der Waals surface area contributed by atoms with Crippen molar-refractivity contribution in [3.8, 4) is 11.5 Å². The molecule has 0 aromatic heterocycles. The molecule has 5 nitrogen and oxygen atoms in total. The molecule has 2 aromatic carbocycles. The van der Waals surface area contributed by atoms with Gasteiger partial charge in [0.1, 0.15) is 6.04 Å². The average Bonchev–Trinajstić information content (AvgIpc) is 2.93. The van der Waals surface area contributed by atoms with Gasteiger partial charge in [-0.15, -0.1) is 0 Å². The summed E-state index contributed by atoms with van der Waals surface area (Å²) in [5, 5.41) is 3.18. The monoisotopic (exact) mass is 284 g/mol. The first-order valence-electron chi connectivity index (χ1n) is 6.66. The fourth-order valence-corrected chi connectivity index (χ4v) is 2.30. The van der Waals surface area contributed by atoms with Crippen LogP contribution in [0.4, 0.5) is 5.69 Å². The molecule has 3 rings (SSSR count). The van der Waals surface area contributed by atoms with E-state index in [1.54, 1.807) is 12.1 Å². The van der Waals surface area contributed by atoms with Gasteiger partial charge in [0, 0.05) is 5.69 Å². The predicted octanol–water partition coefficient (Wildman–Crippen LogP) is 2.36. The van der Waals surface area contributed by atoms with E-state index in [4.69, 9.17) is 15.2 Å². The Bertz CT molecular complexity index is 685. The van der Waals surface area contributed by atoms with Crippen molar-refractivity contribution in [1.29, 1.82) is 0 Å². The second-order valence-electron chi connectivity index (χ2n) is 4.91. The van der Waals surface area contributed by atoms with Crippen molar-refractivity contribution >= 4 is 11.6 Å². The SMILES string of the molecule is Cc1ccccc1NC(C(N)=O)c1ccc2c(c1)OCO2. The molecule has 21 heavy (non-hydrogen) atoms. The number of hydrogen-bond acceptors (Lipinski definition) is 4. The molecular formula is C16H16N2O3. The van der Waals surface area contributed by atoms with Crippen molar-refractivity contribution in [2.24, 2.45) is 5.73 Å². The summed E-state index contributed by atoms with van der Waals surface area (Å²) in [7, 11) is 0. The normalized spacial score (nSPS) is 13.8. The van der Waals surface area contributed by atoms with E-state index in [2.05, 4.69) is 5.32 Å². The van der Waals surface area contributed by atoms with Gasteiger partial charge < -0.3 is 20.5 Å². The minimum atomic E-state index is -0.624. The number of primary amides is 1. The van der Waals surface area contributed by atoms with Gasteiger partial charge in [-0.1, -0.05) is 24.3 Å². The number of aryl methyl sites for hydroxylation is 1. The first-order valence-corrected chi connectivity index (χ1v) is 6.66. The van der Waals surface area contributed by atoms with Gasteiger partial charge in [0.25, 0.3) is 0 Å². The standard InChI is InChI=1S/C16H16N2O3/c1-10-4-2-3-5-12(10)18-15(16(17)19)11-6-7-13-14(8-11)21-9-20-13/h2-8,15,18H,9H2,1H3,(H2,17,19). The van der Waals surface area contributed by atoms with E-state index in [0.29, 0.717) is 11.5 Å². The average molecular weight is 284 g/mol. The van der Waals surface area contributed by atoms with Crippen LogP contribution in [0.2, 0.25) is 0 Å². The van der Waals surface area contributed by atoms with E-state index < -0.39 is 11.9 Å². The molecule has 0 saturated carbocycles. The molecule has 2 aromatic rings. The Labute approximate surface area is 122 Å². The molecule has 0 spiro atoms. The summed E-state index contributed by atoms with van der Waals surface area (Å²) in [6.45, 7) is 2.17. The molecule has 1 amide bonds. The van der Waals surface area contributed by atoms with E-state index in [0.717, 1.165) is 16.8 Å². The molecule has 0 radical (unpaired) electrons. The quantitative estimate of drug-likeness (QED) is 0.904. The molecule has 1 heterocycles. The summed E-state index contributed by atoms with van der Waals surface area (Å²) in [6, 6.07) is 12.5. The van der Waals surface area contributed by atoms with Gasteiger partial charge in [-0.25, -0.2) is 0 Å². The number of carbonyl (C=O) groups is 1. The summed E-state index contributed by atoms with van der Waals surface area (Å²) in [5.41, 5.74) is 8.20. The molecule has 1 aliphatic rings. The number of para-hydroxylation sites is 1. The number of benzene rings is 2. The number of hydrogen-bond donors (Lipinski definition) is 2. The largest absolute Gasteiger partial charge is 0.454 e. The van der Waals surface area contributed by atoms with E-state index >= 15 is 0 Å². The number of anilines is 1. The lowest BCUT2D eigenvalue weighted by atomic mass is 10.0. The Morgan fingerprint density at radius 2 is 1.95 bits per heavy atom. The number of amides is 1. The van der Waals surface area contributed by atoms with Gasteiger partial charge in [-0.2, -0.15) is 0 Å². The Kier molecular flexibility index (Phi) is 3.39. The Morgan fingerprint density at radius 3 is 2.71 bits per heavy atom. The van der Waals surface area contributed by atoms with Crippen LogP contribution < -0.4 is 20.5 Å². The zero-order chi connectivity index (χ0) is 14.8. The highest BCUT2D eigenvalue weighted by molar-refractivity contribution is 5.85. The number of carbonyl (C=O) groups excluding carboxylic acids is 1. The maximum Gasteiger partial charge on any atom is 0.244 e. The van der Waals surface area contributed by atoms with Gasteiger partial charge in [-0.3, -0.25) is 4.79 Å². The van der Waals surface area contributed by atoms with Crippen LogP contribution >= 0.6 is 0 Å². The lowest BCUT2D eigenvalue weighted by Crippen LogP contribution is -2.27. The van der Waals surface area contributed by atoms with Crippen molar-refractivity contribution in [2.45, 2.75) is 13.0 Å². The minimum absolute atomic E-state index is 0.200. The van der Waals surface area contributed by atoms with Gasteiger partial charge >= 0.3 is 0 Å². The minimum Gasteiger partial charge on any atom is -0.454 e. The second kappa shape index (κ2) is 5.36. The Morgan fingerprint density at radius 1 is 1.19 bits per heavy atom. The highest BCUT2D eigenvalue weighted by Crippen LogP contribution is 2.35. The van der Waals surface area contributed by atoms with E-state index in [1.165, 1.54) is 0 Å². The van der Waals surface area contributed by atoms with Gasteiger partial charge in [0.05, 0.1) is 0 Å². The molecule has 0 bridgehead atoms. The third kappa shape index (κ3) is 2.63. The van der Waals surface area contributed by atoms with Crippen LogP contribution in [-0.2, 0) is 4.79 Å². The van der Waals surface area contributed by atoms with Crippen LogP contribution in [0, 0.1) is 6.92 Å². The third-order valence-electron chi connectivity index (χ3n) is 3.46. The van der Waals surface area contributed by atoms with Gasteiger partial charge in [0.2, 0.25) is 12.7 Å². The van der Waals surface area contributed by atoms with E-state index in [1.807, 2.05) is 37.3 Å². The fourth-order valence-electron chi connectivity index (χ4n) is 2.30. The third-order valence-corrected chi connectivity index (χ3v) is 3.46. The van der Waals surface area contributed by atoms with Crippen molar-refractivity contribution in [1.82, 2.24) is 0 Å². The van der Waals surface area contributed by atoms with Crippen LogP contribution in [0.1, 0.15) is 17.2 Å². The molecule has 1 atom stereocenters. The molecule has 0 fully saturated rings. The van der Waals surface area contributed by atoms with Crippen molar-refractivity contribution in [3.63, 3.8) is 0 Å². The summed E-state index contributed by atoms with van der Waals surface area (Å²) in [4.78, 5) is 11.8. The summed E-state index contributed by atoms with van der Waals surface area (Å²) >= 11 is 0. The highest BCUT2D eigenvalue weighted by Gasteiger charge is 2.22. The van der Waals surface area contributed by atoms with Crippen LogP contribution in [-0.4, -0.2) is 12.7 Å². The molecular weight excluding hydrogens is 268 g/mol. The highest BCUT2D eigenvalue weighted by atomic mass is 16.7. The predicted molar refractivity (Wildman–Crippen MR) is 79.3 cm³/mol.